The maximum absolute atomic E-state index is 12.5. The predicted molar refractivity (Wildman–Crippen MR) is 65.3 cm³/mol. The zero-order valence-corrected chi connectivity index (χ0v) is 10.8. The van der Waals surface area contributed by atoms with E-state index in [4.69, 9.17) is 5.26 Å². The molecule has 0 spiro atoms. The van der Waals surface area contributed by atoms with Crippen LogP contribution in [-0.4, -0.2) is 13.2 Å². The highest BCUT2D eigenvalue weighted by Gasteiger charge is 2.50. The molecule has 0 atom stereocenters. The molecule has 90 valence electrons. The van der Waals surface area contributed by atoms with Crippen LogP contribution in [0.25, 0.3) is 0 Å². The molecule has 0 saturated heterocycles. The lowest BCUT2D eigenvalue weighted by Crippen LogP contribution is -2.44. The Morgan fingerprint density at radius 1 is 1.29 bits per heavy atom. The van der Waals surface area contributed by atoms with Gasteiger partial charge < -0.3 is 0 Å². The van der Waals surface area contributed by atoms with Gasteiger partial charge in [-0.25, -0.2) is 8.42 Å². The first-order valence-electron chi connectivity index (χ1n) is 5.66. The summed E-state index contributed by atoms with van der Waals surface area (Å²) in [6.45, 7) is 3.70. The molecule has 3 nitrogen and oxygen atoms in total. The van der Waals surface area contributed by atoms with Crippen LogP contribution < -0.4 is 0 Å². The second kappa shape index (κ2) is 3.85. The van der Waals surface area contributed by atoms with Crippen molar-refractivity contribution in [2.24, 2.45) is 0 Å². The maximum atomic E-state index is 12.5. The van der Waals surface area contributed by atoms with Gasteiger partial charge in [-0.3, -0.25) is 0 Å². The van der Waals surface area contributed by atoms with E-state index < -0.39 is 14.6 Å². The van der Waals surface area contributed by atoms with Crippen molar-refractivity contribution in [1.29, 1.82) is 5.26 Å². The van der Waals surface area contributed by atoms with Gasteiger partial charge >= 0.3 is 0 Å². The molecule has 0 heterocycles. The summed E-state index contributed by atoms with van der Waals surface area (Å²) in [6.07, 6.45) is 1.73. The second-order valence-electron chi connectivity index (χ2n) is 4.73. The van der Waals surface area contributed by atoms with Crippen LogP contribution in [0.3, 0.4) is 0 Å². The van der Waals surface area contributed by atoms with Gasteiger partial charge in [0.2, 0.25) is 0 Å². The first-order chi connectivity index (χ1) is 7.93. The molecule has 1 saturated carbocycles. The van der Waals surface area contributed by atoms with Gasteiger partial charge in [-0.1, -0.05) is 17.7 Å². The number of benzene rings is 1. The number of hydrogen-bond acceptors (Lipinski definition) is 3. The molecule has 0 unspecified atom stereocenters. The average Bonchev–Trinajstić information content (AvgIpc) is 2.15. The molecule has 1 aliphatic rings. The summed E-state index contributed by atoms with van der Waals surface area (Å²) in [5, 5.41) is 9.15. The highest BCUT2D eigenvalue weighted by atomic mass is 32.2. The fourth-order valence-electron chi connectivity index (χ4n) is 2.25. The summed E-state index contributed by atoms with van der Waals surface area (Å²) in [5.41, 5.74) is 1.76. The van der Waals surface area contributed by atoms with Gasteiger partial charge in [0.1, 0.15) is 0 Å². The summed E-state index contributed by atoms with van der Waals surface area (Å²) >= 11 is 0. The molecule has 0 aliphatic heterocycles. The smallest absolute Gasteiger partial charge is 0.197 e. The number of hydrogen-bond donors (Lipinski definition) is 0. The third-order valence-corrected chi connectivity index (χ3v) is 6.06. The summed E-state index contributed by atoms with van der Waals surface area (Å²) < 4.78 is 23.8. The van der Waals surface area contributed by atoms with E-state index in [1.165, 1.54) is 0 Å². The Morgan fingerprint density at radius 2 is 1.94 bits per heavy atom. The number of sulfone groups is 1. The van der Waals surface area contributed by atoms with E-state index in [2.05, 4.69) is 0 Å². The quantitative estimate of drug-likeness (QED) is 0.809. The minimum absolute atomic E-state index is 0.310. The fourth-order valence-corrected chi connectivity index (χ4v) is 4.35. The Labute approximate surface area is 102 Å². The van der Waals surface area contributed by atoms with Crippen molar-refractivity contribution in [2.75, 3.05) is 0 Å². The molecule has 1 aliphatic carbocycles. The van der Waals surface area contributed by atoms with Crippen LogP contribution in [0.15, 0.2) is 23.1 Å². The van der Waals surface area contributed by atoms with Gasteiger partial charge in [0, 0.05) is 0 Å². The lowest BCUT2D eigenvalue weighted by Gasteiger charge is -2.34. The van der Waals surface area contributed by atoms with E-state index in [1.807, 2.05) is 19.1 Å². The Morgan fingerprint density at radius 3 is 2.35 bits per heavy atom. The molecule has 0 radical (unpaired) electrons. The molecule has 1 aromatic carbocycles. The highest BCUT2D eigenvalue weighted by Crippen LogP contribution is 2.42. The predicted octanol–water partition coefficient (Wildman–Crippen LogP) is 2.52. The van der Waals surface area contributed by atoms with Crippen LogP contribution in [0, 0.1) is 25.2 Å². The molecule has 0 N–H and O–H groups in total. The molecular weight excluding hydrogens is 234 g/mol. The average molecular weight is 249 g/mol. The van der Waals surface area contributed by atoms with Gasteiger partial charge in [0.15, 0.2) is 14.6 Å². The largest absolute Gasteiger partial charge is 0.222 e. The number of aryl methyl sites for hydroxylation is 2. The van der Waals surface area contributed by atoms with Gasteiger partial charge in [0.05, 0.1) is 11.0 Å². The summed E-state index contributed by atoms with van der Waals surface area (Å²) in [4.78, 5) is 0.310. The summed E-state index contributed by atoms with van der Waals surface area (Å²) in [6, 6.07) is 7.26. The number of nitrogens with zero attached hydrogens (tertiary/aromatic N) is 1. The van der Waals surface area contributed by atoms with Gasteiger partial charge in [-0.15, -0.1) is 0 Å². The maximum Gasteiger partial charge on any atom is 0.197 e. The number of nitriles is 1. The minimum Gasteiger partial charge on any atom is -0.222 e. The summed E-state index contributed by atoms with van der Waals surface area (Å²) in [5.74, 6) is 0. The first kappa shape index (κ1) is 12.1. The van der Waals surface area contributed by atoms with E-state index in [-0.39, 0.29) is 0 Å². The Hall–Kier alpha value is -1.34. The normalized spacial score (nSPS) is 18.2. The van der Waals surface area contributed by atoms with Crippen LogP contribution in [0.1, 0.15) is 30.4 Å². The molecule has 0 amide bonds. The second-order valence-corrected chi connectivity index (χ2v) is 6.96. The third kappa shape index (κ3) is 1.66. The molecular formula is C13H15NO2S. The van der Waals surface area contributed by atoms with Crippen LogP contribution >= 0.6 is 0 Å². The fraction of sp³-hybridized carbons (Fsp3) is 0.462. The molecule has 1 aromatic rings. The molecule has 1 fully saturated rings. The van der Waals surface area contributed by atoms with Crippen LogP contribution in [0.2, 0.25) is 0 Å². The molecule has 0 bridgehead atoms. The van der Waals surface area contributed by atoms with Crippen LogP contribution in [-0.2, 0) is 9.84 Å². The van der Waals surface area contributed by atoms with E-state index >= 15 is 0 Å². The highest BCUT2D eigenvalue weighted by molar-refractivity contribution is 7.93. The van der Waals surface area contributed by atoms with Crippen molar-refractivity contribution in [3.63, 3.8) is 0 Å². The van der Waals surface area contributed by atoms with E-state index in [1.54, 1.807) is 19.1 Å². The van der Waals surface area contributed by atoms with Crippen molar-refractivity contribution >= 4 is 9.84 Å². The Balaban J connectivity index is 2.57. The Kier molecular flexibility index (Phi) is 2.75. The van der Waals surface area contributed by atoms with Crippen molar-refractivity contribution in [1.82, 2.24) is 0 Å². The van der Waals surface area contributed by atoms with Crippen molar-refractivity contribution in [3.8, 4) is 6.07 Å². The molecule has 2 rings (SSSR count). The van der Waals surface area contributed by atoms with E-state index in [0.29, 0.717) is 17.7 Å². The lowest BCUT2D eigenvalue weighted by molar-refractivity contribution is 0.406. The Bertz CT molecular complexity index is 592. The van der Waals surface area contributed by atoms with E-state index in [9.17, 15) is 8.42 Å². The van der Waals surface area contributed by atoms with Crippen molar-refractivity contribution < 1.29 is 8.42 Å². The monoisotopic (exact) mass is 249 g/mol. The minimum atomic E-state index is -3.52. The van der Waals surface area contributed by atoms with Crippen LogP contribution in [0.4, 0.5) is 0 Å². The van der Waals surface area contributed by atoms with Gasteiger partial charge in [0.25, 0.3) is 0 Å². The van der Waals surface area contributed by atoms with E-state index in [0.717, 1.165) is 17.5 Å². The molecule has 17 heavy (non-hydrogen) atoms. The zero-order chi connectivity index (χ0) is 12.7. The first-order valence-corrected chi connectivity index (χ1v) is 7.14. The van der Waals surface area contributed by atoms with Crippen LogP contribution in [0.5, 0.6) is 0 Å². The number of rotatable bonds is 2. The van der Waals surface area contributed by atoms with Crippen molar-refractivity contribution in [3.05, 3.63) is 29.3 Å². The zero-order valence-electron chi connectivity index (χ0n) is 10.0. The SMILES string of the molecule is Cc1ccc(S(=O)(=O)C2(C#N)CCC2)c(C)c1. The summed E-state index contributed by atoms with van der Waals surface area (Å²) in [7, 11) is -3.52. The van der Waals surface area contributed by atoms with Crippen molar-refractivity contribution in [2.45, 2.75) is 42.8 Å². The molecule has 0 aromatic heterocycles. The van der Waals surface area contributed by atoms with Gasteiger partial charge in [-0.05, 0) is 44.7 Å². The topological polar surface area (TPSA) is 57.9 Å². The molecule has 4 heteroatoms. The third-order valence-electron chi connectivity index (χ3n) is 3.50. The standard InChI is InChI=1S/C13H15NO2S/c1-10-4-5-12(11(2)8-10)17(15,16)13(9-14)6-3-7-13/h4-5,8H,3,6-7H2,1-2H3. The van der Waals surface area contributed by atoms with Gasteiger partial charge in [-0.2, -0.15) is 5.26 Å². The lowest BCUT2D eigenvalue weighted by atomic mass is 9.86.